The van der Waals surface area contributed by atoms with Crippen LogP contribution in [0.5, 0.6) is 0 Å². The molecule has 1 aliphatic carbocycles. The number of morpholine rings is 1. The number of β-amino-alcohol motifs (C(OH)–C–C–N with tert-alkyl or cyclic N) is 1. The van der Waals surface area contributed by atoms with Crippen molar-refractivity contribution in [2.45, 2.75) is 31.5 Å². The predicted molar refractivity (Wildman–Crippen MR) is 129 cm³/mol. The van der Waals surface area contributed by atoms with Crippen molar-refractivity contribution < 1.29 is 9.84 Å². The van der Waals surface area contributed by atoms with Crippen molar-refractivity contribution in [1.29, 1.82) is 0 Å². The number of aliphatic hydroxyl groups excluding tert-OH is 1. The maximum atomic E-state index is 9.98. The number of ether oxygens (including phenoxy) is 1. The molecule has 4 heterocycles. The number of imidazole rings is 1. The van der Waals surface area contributed by atoms with Crippen LogP contribution in [0.1, 0.15) is 25.0 Å². The summed E-state index contributed by atoms with van der Waals surface area (Å²) < 4.78 is 7.85. The van der Waals surface area contributed by atoms with Crippen LogP contribution < -0.4 is 15.5 Å². The average molecular weight is 445 g/mol. The van der Waals surface area contributed by atoms with Crippen LogP contribution in [0.3, 0.4) is 0 Å². The van der Waals surface area contributed by atoms with Crippen molar-refractivity contribution in [1.82, 2.24) is 19.7 Å². The monoisotopic (exact) mass is 444 g/mol. The first-order valence-electron chi connectivity index (χ1n) is 11.6. The van der Waals surface area contributed by atoms with Gasteiger partial charge in [0, 0.05) is 55.3 Å². The zero-order valence-electron chi connectivity index (χ0n) is 18.4. The minimum absolute atomic E-state index is 0.122. The standard InChI is InChI=1S/C25H28N6O2/c32-20-2-1-11-30(15-20)19-6-4-18(5-7-19)28-24-25-27-9-12-31(25)16-22(29-24)17-3-8-23-21(14-17)26-10-13-33-23/h3-7,9,12,14,16,20,23,26,32H,1-2,8,10-11,13,15H2,(H,28,29). The third-order valence-corrected chi connectivity index (χ3v) is 6.52. The number of benzene rings is 1. The number of anilines is 3. The van der Waals surface area contributed by atoms with Crippen LogP contribution in [0.4, 0.5) is 17.2 Å². The molecular weight excluding hydrogens is 416 g/mol. The molecule has 2 unspecified atom stereocenters. The Morgan fingerprint density at radius 2 is 2.12 bits per heavy atom. The number of hydrogen-bond donors (Lipinski definition) is 3. The largest absolute Gasteiger partial charge is 0.391 e. The molecule has 2 aromatic heterocycles. The van der Waals surface area contributed by atoms with E-state index in [4.69, 9.17) is 9.72 Å². The van der Waals surface area contributed by atoms with Gasteiger partial charge in [0.05, 0.1) is 18.4 Å². The molecule has 2 aliphatic heterocycles. The number of nitrogens with zero attached hydrogens (tertiary/aromatic N) is 4. The van der Waals surface area contributed by atoms with Crippen LogP contribution in [0.2, 0.25) is 0 Å². The first-order valence-corrected chi connectivity index (χ1v) is 11.6. The molecule has 0 radical (unpaired) electrons. The smallest absolute Gasteiger partial charge is 0.180 e. The van der Waals surface area contributed by atoms with E-state index in [2.05, 4.69) is 56.9 Å². The van der Waals surface area contributed by atoms with Gasteiger partial charge in [-0.05, 0) is 55.2 Å². The van der Waals surface area contributed by atoms with Crippen molar-refractivity contribution in [3.8, 4) is 0 Å². The predicted octanol–water partition coefficient (Wildman–Crippen LogP) is 3.09. The zero-order valence-corrected chi connectivity index (χ0v) is 18.4. The van der Waals surface area contributed by atoms with Gasteiger partial charge in [0.25, 0.3) is 0 Å². The molecule has 0 amide bonds. The number of aromatic nitrogens is 3. The normalized spacial score (nSPS) is 22.9. The van der Waals surface area contributed by atoms with Crippen molar-refractivity contribution in [2.75, 3.05) is 36.5 Å². The molecule has 1 aromatic carbocycles. The zero-order chi connectivity index (χ0) is 22.2. The molecule has 170 valence electrons. The second-order valence-electron chi connectivity index (χ2n) is 8.83. The van der Waals surface area contributed by atoms with E-state index in [1.165, 1.54) is 0 Å². The van der Waals surface area contributed by atoms with Gasteiger partial charge in [-0.15, -0.1) is 0 Å². The van der Waals surface area contributed by atoms with Gasteiger partial charge in [0.2, 0.25) is 0 Å². The second kappa shape index (κ2) is 8.53. The summed E-state index contributed by atoms with van der Waals surface area (Å²) in [5.74, 6) is 0.716. The Balaban J connectivity index is 1.27. The highest BCUT2D eigenvalue weighted by molar-refractivity contribution is 5.78. The Kier molecular flexibility index (Phi) is 5.24. The fraction of sp³-hybridized carbons (Fsp3) is 0.360. The van der Waals surface area contributed by atoms with E-state index in [1.54, 1.807) is 6.20 Å². The van der Waals surface area contributed by atoms with Crippen LogP contribution in [0.25, 0.3) is 11.2 Å². The van der Waals surface area contributed by atoms with Crippen molar-refractivity contribution >= 4 is 28.4 Å². The molecule has 0 saturated carbocycles. The number of piperidine rings is 1. The molecule has 3 aromatic rings. The molecule has 33 heavy (non-hydrogen) atoms. The molecule has 0 bridgehead atoms. The van der Waals surface area contributed by atoms with Gasteiger partial charge >= 0.3 is 0 Å². The second-order valence-corrected chi connectivity index (χ2v) is 8.83. The van der Waals surface area contributed by atoms with E-state index < -0.39 is 0 Å². The minimum atomic E-state index is -0.244. The lowest BCUT2D eigenvalue weighted by Gasteiger charge is -2.32. The lowest BCUT2D eigenvalue weighted by Crippen LogP contribution is -2.38. The van der Waals surface area contributed by atoms with Gasteiger partial charge in [-0.1, -0.05) is 6.08 Å². The van der Waals surface area contributed by atoms with Gasteiger partial charge in [0.15, 0.2) is 11.5 Å². The Labute approximate surface area is 192 Å². The van der Waals surface area contributed by atoms with Crippen LogP contribution in [0.15, 0.2) is 60.7 Å². The van der Waals surface area contributed by atoms with E-state index >= 15 is 0 Å². The first-order chi connectivity index (χ1) is 16.2. The van der Waals surface area contributed by atoms with E-state index in [1.807, 2.05) is 16.8 Å². The van der Waals surface area contributed by atoms with Crippen molar-refractivity contribution in [3.05, 3.63) is 66.4 Å². The van der Waals surface area contributed by atoms with Gasteiger partial charge in [-0.2, -0.15) is 0 Å². The Bertz CT molecular complexity index is 1220. The summed E-state index contributed by atoms with van der Waals surface area (Å²) in [5.41, 5.74) is 5.95. The van der Waals surface area contributed by atoms with Gasteiger partial charge in [-0.25, -0.2) is 9.97 Å². The number of aliphatic hydroxyl groups is 1. The first kappa shape index (κ1) is 20.3. The molecule has 2 saturated heterocycles. The summed E-state index contributed by atoms with van der Waals surface area (Å²) in [6.45, 7) is 3.25. The molecule has 8 heteroatoms. The number of rotatable bonds is 4. The molecule has 6 rings (SSSR count). The minimum Gasteiger partial charge on any atom is -0.391 e. The van der Waals surface area contributed by atoms with Gasteiger partial charge in [0.1, 0.15) is 6.10 Å². The molecule has 3 N–H and O–H groups in total. The maximum absolute atomic E-state index is 9.98. The summed E-state index contributed by atoms with van der Waals surface area (Å²) in [6.07, 6.45) is 12.7. The molecule has 0 spiro atoms. The summed E-state index contributed by atoms with van der Waals surface area (Å²) in [7, 11) is 0. The molecule has 2 fully saturated rings. The van der Waals surface area contributed by atoms with E-state index in [-0.39, 0.29) is 12.2 Å². The van der Waals surface area contributed by atoms with Crippen LogP contribution in [0, 0.1) is 0 Å². The van der Waals surface area contributed by atoms with E-state index in [0.717, 1.165) is 72.9 Å². The molecular formula is C25H28N6O2. The lowest BCUT2D eigenvalue weighted by atomic mass is 9.98. The van der Waals surface area contributed by atoms with Gasteiger partial charge in [-0.3, -0.25) is 0 Å². The Hall–Kier alpha value is -3.36. The van der Waals surface area contributed by atoms with Crippen LogP contribution >= 0.6 is 0 Å². The Morgan fingerprint density at radius 3 is 3.00 bits per heavy atom. The number of allylic oxidation sites excluding steroid dienone is 2. The molecule has 3 aliphatic rings. The summed E-state index contributed by atoms with van der Waals surface area (Å²) in [6, 6.07) is 8.30. The number of fused-ring (bicyclic) bond motifs is 2. The number of nitrogens with one attached hydrogen (secondary N) is 2. The topological polar surface area (TPSA) is 87.0 Å². The highest BCUT2D eigenvalue weighted by Crippen LogP contribution is 2.29. The summed E-state index contributed by atoms with van der Waals surface area (Å²) in [5, 5.41) is 16.9. The third kappa shape index (κ3) is 4.07. The fourth-order valence-electron chi connectivity index (χ4n) is 4.81. The van der Waals surface area contributed by atoms with E-state index in [9.17, 15) is 5.11 Å². The quantitative estimate of drug-likeness (QED) is 0.570. The molecule has 2 atom stereocenters. The highest BCUT2D eigenvalue weighted by atomic mass is 16.5. The van der Waals surface area contributed by atoms with E-state index in [0.29, 0.717) is 12.4 Å². The highest BCUT2D eigenvalue weighted by Gasteiger charge is 2.23. The number of hydrogen-bond acceptors (Lipinski definition) is 7. The summed E-state index contributed by atoms with van der Waals surface area (Å²) in [4.78, 5) is 11.7. The van der Waals surface area contributed by atoms with Crippen molar-refractivity contribution in [3.63, 3.8) is 0 Å². The lowest BCUT2D eigenvalue weighted by molar-refractivity contribution is 0.0552. The third-order valence-electron chi connectivity index (χ3n) is 6.52. The average Bonchev–Trinajstić information content (AvgIpc) is 3.33. The van der Waals surface area contributed by atoms with Crippen LogP contribution in [-0.2, 0) is 4.74 Å². The van der Waals surface area contributed by atoms with Gasteiger partial charge < -0.3 is 29.8 Å². The molecule has 8 nitrogen and oxygen atoms in total. The maximum Gasteiger partial charge on any atom is 0.180 e. The Morgan fingerprint density at radius 1 is 1.21 bits per heavy atom. The van der Waals surface area contributed by atoms with Crippen LogP contribution in [-0.4, -0.2) is 57.9 Å². The fourth-order valence-corrected chi connectivity index (χ4v) is 4.81. The van der Waals surface area contributed by atoms with Crippen molar-refractivity contribution in [2.24, 2.45) is 0 Å². The summed E-state index contributed by atoms with van der Waals surface area (Å²) >= 11 is 0. The SMILES string of the molecule is OC1CCCN(c2ccc(Nc3nc(C4=CCC5OCCNC5=C4)cn4ccnc34)cc2)C1.